The van der Waals surface area contributed by atoms with E-state index in [-0.39, 0.29) is 5.91 Å². The third kappa shape index (κ3) is 2.30. The molecule has 0 bridgehead atoms. The van der Waals surface area contributed by atoms with Gasteiger partial charge in [-0.3, -0.25) is 4.79 Å². The third-order valence-corrected chi connectivity index (χ3v) is 2.49. The molecule has 0 atom stereocenters. The first kappa shape index (κ1) is 10.9. The van der Waals surface area contributed by atoms with Crippen molar-refractivity contribution >= 4 is 27.7 Å². The quantitative estimate of drug-likeness (QED) is 0.920. The van der Waals surface area contributed by atoms with Gasteiger partial charge in [0.15, 0.2) is 4.67 Å². The predicted molar refractivity (Wildman–Crippen MR) is 63.3 cm³/mol. The Hall–Kier alpha value is -1.62. The molecular weight excluding hydrogens is 272 g/mol. The Labute approximate surface area is 101 Å². The molecular formula is C11H9BrN2O2. The Kier molecular flexibility index (Phi) is 3.05. The van der Waals surface area contributed by atoms with Crippen LogP contribution in [0.1, 0.15) is 15.9 Å². The third-order valence-electron chi connectivity index (χ3n) is 2.07. The fourth-order valence-electron chi connectivity index (χ4n) is 1.23. The van der Waals surface area contributed by atoms with Crippen LogP contribution in [0, 0.1) is 6.92 Å². The maximum absolute atomic E-state index is 11.7. The molecule has 0 aromatic carbocycles. The molecule has 5 heteroatoms. The number of anilines is 1. The first-order chi connectivity index (χ1) is 7.66. The Morgan fingerprint density at radius 1 is 1.56 bits per heavy atom. The predicted octanol–water partition coefficient (Wildman–Crippen LogP) is 3.00. The molecule has 1 N–H and O–H groups in total. The maximum Gasteiger partial charge on any atom is 0.260 e. The van der Waals surface area contributed by atoms with E-state index in [1.54, 1.807) is 12.3 Å². The van der Waals surface area contributed by atoms with Crippen LogP contribution in [-0.2, 0) is 0 Å². The number of nitrogens with zero attached hydrogens (tertiary/aromatic N) is 1. The average Bonchev–Trinajstić information content (AvgIpc) is 2.68. The highest BCUT2D eigenvalue weighted by molar-refractivity contribution is 9.10. The standard InChI is InChI=1S/C11H9BrN2O2/c1-7-3-2-4-13-10(7)14-11(15)8-5-9(12)16-6-8/h2-6H,1H3,(H,13,14,15). The summed E-state index contributed by atoms with van der Waals surface area (Å²) in [5.74, 6) is 0.320. The lowest BCUT2D eigenvalue weighted by molar-refractivity contribution is 0.102. The lowest BCUT2D eigenvalue weighted by Gasteiger charge is -2.04. The van der Waals surface area contributed by atoms with E-state index in [9.17, 15) is 4.79 Å². The molecule has 2 aromatic heterocycles. The molecule has 0 radical (unpaired) electrons. The summed E-state index contributed by atoms with van der Waals surface area (Å²) in [4.78, 5) is 15.8. The second kappa shape index (κ2) is 4.49. The zero-order chi connectivity index (χ0) is 11.5. The topological polar surface area (TPSA) is 55.1 Å². The summed E-state index contributed by atoms with van der Waals surface area (Å²) in [6.07, 6.45) is 3.02. The van der Waals surface area contributed by atoms with E-state index >= 15 is 0 Å². The fraction of sp³-hybridized carbons (Fsp3) is 0.0909. The molecule has 2 aromatic rings. The molecule has 0 aliphatic rings. The molecule has 0 spiro atoms. The van der Waals surface area contributed by atoms with E-state index in [4.69, 9.17) is 4.42 Å². The molecule has 1 amide bonds. The second-order valence-electron chi connectivity index (χ2n) is 3.26. The Morgan fingerprint density at radius 3 is 3.00 bits per heavy atom. The van der Waals surface area contributed by atoms with Gasteiger partial charge in [0.25, 0.3) is 5.91 Å². The van der Waals surface area contributed by atoms with Crippen molar-refractivity contribution in [1.82, 2.24) is 4.98 Å². The summed E-state index contributed by atoms with van der Waals surface area (Å²) in [5, 5.41) is 2.71. The van der Waals surface area contributed by atoms with Crippen LogP contribution in [0.5, 0.6) is 0 Å². The molecule has 16 heavy (non-hydrogen) atoms. The van der Waals surface area contributed by atoms with Crippen molar-refractivity contribution in [2.45, 2.75) is 6.92 Å². The second-order valence-corrected chi connectivity index (χ2v) is 4.04. The van der Waals surface area contributed by atoms with Crippen LogP contribution >= 0.6 is 15.9 Å². The van der Waals surface area contributed by atoms with Gasteiger partial charge in [-0.15, -0.1) is 0 Å². The number of aromatic nitrogens is 1. The van der Waals surface area contributed by atoms with Gasteiger partial charge in [0.05, 0.1) is 5.56 Å². The molecule has 82 valence electrons. The molecule has 0 unspecified atom stereocenters. The molecule has 0 fully saturated rings. The summed E-state index contributed by atoms with van der Waals surface area (Å²) >= 11 is 3.14. The van der Waals surface area contributed by atoms with Gasteiger partial charge in [-0.1, -0.05) is 6.07 Å². The van der Waals surface area contributed by atoms with E-state index < -0.39 is 0 Å². The van der Waals surface area contributed by atoms with Crippen molar-refractivity contribution in [3.8, 4) is 0 Å². The maximum atomic E-state index is 11.7. The van der Waals surface area contributed by atoms with Crippen molar-refractivity contribution in [1.29, 1.82) is 0 Å². The Bertz CT molecular complexity index is 522. The number of pyridine rings is 1. The molecule has 4 nitrogen and oxygen atoms in total. The number of hydrogen-bond donors (Lipinski definition) is 1. The van der Waals surface area contributed by atoms with Crippen molar-refractivity contribution in [2.24, 2.45) is 0 Å². The van der Waals surface area contributed by atoms with Gasteiger partial charge in [-0.2, -0.15) is 0 Å². The first-order valence-electron chi connectivity index (χ1n) is 4.64. The van der Waals surface area contributed by atoms with Crippen LogP contribution in [0.25, 0.3) is 0 Å². The van der Waals surface area contributed by atoms with Crippen LogP contribution in [0.4, 0.5) is 5.82 Å². The van der Waals surface area contributed by atoms with Gasteiger partial charge in [0, 0.05) is 12.3 Å². The van der Waals surface area contributed by atoms with Crippen molar-refractivity contribution in [3.05, 3.63) is 46.5 Å². The minimum absolute atomic E-state index is 0.240. The smallest absolute Gasteiger partial charge is 0.260 e. The summed E-state index contributed by atoms with van der Waals surface area (Å²) in [7, 11) is 0. The zero-order valence-corrected chi connectivity index (χ0v) is 10.1. The minimum Gasteiger partial charge on any atom is -0.457 e. The van der Waals surface area contributed by atoms with Crippen LogP contribution < -0.4 is 5.32 Å². The molecule has 0 saturated heterocycles. The van der Waals surface area contributed by atoms with Crippen LogP contribution in [0.15, 0.2) is 39.7 Å². The lowest BCUT2D eigenvalue weighted by atomic mass is 10.2. The molecule has 0 saturated carbocycles. The number of nitrogens with one attached hydrogen (secondary N) is 1. The van der Waals surface area contributed by atoms with Crippen LogP contribution in [-0.4, -0.2) is 10.9 Å². The highest BCUT2D eigenvalue weighted by Gasteiger charge is 2.10. The van der Waals surface area contributed by atoms with Gasteiger partial charge in [-0.25, -0.2) is 4.98 Å². The zero-order valence-electron chi connectivity index (χ0n) is 8.53. The minimum atomic E-state index is -0.240. The van der Waals surface area contributed by atoms with Gasteiger partial charge in [-0.05, 0) is 34.5 Å². The normalized spacial score (nSPS) is 10.1. The van der Waals surface area contributed by atoms with Gasteiger partial charge >= 0.3 is 0 Å². The molecule has 0 aliphatic carbocycles. The highest BCUT2D eigenvalue weighted by atomic mass is 79.9. The lowest BCUT2D eigenvalue weighted by Crippen LogP contribution is -2.12. The molecule has 0 aliphatic heterocycles. The van der Waals surface area contributed by atoms with Crippen molar-refractivity contribution < 1.29 is 9.21 Å². The van der Waals surface area contributed by atoms with Gasteiger partial charge in [0.1, 0.15) is 12.1 Å². The van der Waals surface area contributed by atoms with Crippen molar-refractivity contribution in [2.75, 3.05) is 5.32 Å². The van der Waals surface area contributed by atoms with Gasteiger partial charge < -0.3 is 9.73 Å². The summed E-state index contributed by atoms with van der Waals surface area (Å²) in [6.45, 7) is 1.88. The number of furan rings is 1. The summed E-state index contributed by atoms with van der Waals surface area (Å²) in [5.41, 5.74) is 1.37. The molecule has 2 heterocycles. The fourth-order valence-corrected chi connectivity index (χ4v) is 1.57. The number of amides is 1. The number of carbonyl (C=O) groups is 1. The Balaban J connectivity index is 2.17. The number of aryl methyl sites for hydroxylation is 1. The highest BCUT2D eigenvalue weighted by Crippen LogP contribution is 2.16. The van der Waals surface area contributed by atoms with E-state index in [1.165, 1.54) is 6.26 Å². The van der Waals surface area contributed by atoms with E-state index in [0.717, 1.165) is 5.56 Å². The summed E-state index contributed by atoms with van der Waals surface area (Å²) in [6, 6.07) is 5.31. The molecule has 2 rings (SSSR count). The number of hydrogen-bond acceptors (Lipinski definition) is 3. The van der Waals surface area contributed by atoms with E-state index in [1.807, 2.05) is 19.1 Å². The SMILES string of the molecule is Cc1cccnc1NC(=O)c1coc(Br)c1. The van der Waals surface area contributed by atoms with E-state index in [2.05, 4.69) is 26.2 Å². The largest absolute Gasteiger partial charge is 0.457 e. The average molecular weight is 281 g/mol. The van der Waals surface area contributed by atoms with E-state index in [0.29, 0.717) is 16.1 Å². The first-order valence-corrected chi connectivity index (χ1v) is 5.43. The Morgan fingerprint density at radius 2 is 2.38 bits per heavy atom. The van der Waals surface area contributed by atoms with Gasteiger partial charge in [0.2, 0.25) is 0 Å². The van der Waals surface area contributed by atoms with Crippen LogP contribution in [0.3, 0.4) is 0 Å². The number of halogens is 1. The summed E-state index contributed by atoms with van der Waals surface area (Å²) < 4.78 is 5.51. The number of rotatable bonds is 2. The number of carbonyl (C=O) groups excluding carboxylic acids is 1. The van der Waals surface area contributed by atoms with Crippen LogP contribution in [0.2, 0.25) is 0 Å². The van der Waals surface area contributed by atoms with Crippen molar-refractivity contribution in [3.63, 3.8) is 0 Å². The monoisotopic (exact) mass is 280 g/mol.